The summed E-state index contributed by atoms with van der Waals surface area (Å²) in [6.07, 6.45) is -6.87. The number of alkyl halides is 6. The molecule has 0 unspecified atom stereocenters. The van der Waals surface area contributed by atoms with Crippen molar-refractivity contribution in [2.45, 2.75) is 12.4 Å². The summed E-state index contributed by atoms with van der Waals surface area (Å²) >= 11 is 0. The number of carbonyl (C=O) groups is 1. The molecule has 0 bridgehead atoms. The van der Waals surface area contributed by atoms with E-state index in [1.165, 1.54) is 18.3 Å². The van der Waals surface area contributed by atoms with E-state index >= 15 is 0 Å². The molecule has 0 aliphatic carbocycles. The van der Waals surface area contributed by atoms with Crippen LogP contribution in [0.3, 0.4) is 0 Å². The first-order valence-electron chi connectivity index (χ1n) is 6.36. The van der Waals surface area contributed by atoms with Crippen molar-refractivity contribution in [1.29, 1.82) is 0 Å². The highest BCUT2D eigenvalue weighted by atomic mass is 19.4. The maximum atomic E-state index is 12.9. The van der Waals surface area contributed by atoms with Gasteiger partial charge in [0.2, 0.25) is 0 Å². The van der Waals surface area contributed by atoms with Gasteiger partial charge in [0.1, 0.15) is 0 Å². The molecule has 0 saturated heterocycles. The molecular weight excluding hydrogens is 340 g/mol. The van der Waals surface area contributed by atoms with Gasteiger partial charge in [-0.2, -0.15) is 26.3 Å². The summed E-state index contributed by atoms with van der Waals surface area (Å²) in [7, 11) is 0. The van der Waals surface area contributed by atoms with Crippen molar-refractivity contribution >= 4 is 12.2 Å². The molecule has 0 amide bonds. The van der Waals surface area contributed by atoms with Crippen LogP contribution >= 0.6 is 0 Å². The fourth-order valence-electron chi connectivity index (χ4n) is 2.02. The second-order valence-corrected chi connectivity index (χ2v) is 4.75. The van der Waals surface area contributed by atoms with Gasteiger partial charge >= 0.3 is 18.3 Å². The molecule has 3 nitrogen and oxygen atoms in total. The molecule has 0 aliphatic rings. The Morgan fingerprint density at radius 3 is 2.00 bits per heavy atom. The lowest BCUT2D eigenvalue weighted by Gasteiger charge is -2.14. The molecular formula is C15H9F6NO2. The number of carboxylic acid groups (broad SMARTS) is 1. The van der Waals surface area contributed by atoms with E-state index in [-0.39, 0.29) is 17.3 Å². The van der Waals surface area contributed by atoms with Crippen molar-refractivity contribution in [2.75, 3.05) is 0 Å². The van der Waals surface area contributed by atoms with Gasteiger partial charge in [-0.3, -0.25) is 0 Å². The van der Waals surface area contributed by atoms with Crippen LogP contribution in [0.2, 0.25) is 0 Å². The monoisotopic (exact) mass is 349 g/mol. The molecule has 1 aromatic carbocycles. The Labute approximate surface area is 131 Å². The zero-order valence-electron chi connectivity index (χ0n) is 11.7. The van der Waals surface area contributed by atoms with Gasteiger partial charge in [0.15, 0.2) is 0 Å². The van der Waals surface area contributed by atoms with Crippen LogP contribution in [0.1, 0.15) is 11.1 Å². The van der Waals surface area contributed by atoms with E-state index in [1.54, 1.807) is 0 Å². The molecule has 9 heteroatoms. The molecule has 2 rings (SSSR count). The number of carboxylic acids is 1. The number of aliphatic carboxylic acids is 1. The predicted molar refractivity (Wildman–Crippen MR) is 72.8 cm³/mol. The summed E-state index contributed by atoms with van der Waals surface area (Å²) < 4.78 is 78.3. The van der Waals surface area contributed by atoms with Crippen molar-refractivity contribution < 1.29 is 36.2 Å². The third kappa shape index (κ3) is 3.98. The molecule has 0 fully saturated rings. The minimum atomic E-state index is -4.95. The lowest BCUT2D eigenvalue weighted by molar-refractivity contribution is -0.143. The Bertz CT molecular complexity index is 754. The van der Waals surface area contributed by atoms with E-state index in [0.717, 1.165) is 10.8 Å². The molecule has 0 atom stereocenters. The van der Waals surface area contributed by atoms with E-state index in [4.69, 9.17) is 5.11 Å². The standard InChI is InChI=1S/C15H9F6NO2/c16-14(17,18)10-6-9(7-11(8-10)15(19,20)21)12-2-1-4-22(12)5-3-13(23)24/h1-8H,(H,23,24)/b5-3-. The smallest absolute Gasteiger partial charge is 0.416 e. The number of hydrogen-bond donors (Lipinski definition) is 1. The van der Waals surface area contributed by atoms with Crippen molar-refractivity contribution in [2.24, 2.45) is 0 Å². The number of aromatic nitrogens is 1. The van der Waals surface area contributed by atoms with Gasteiger partial charge in [-0.05, 0) is 35.9 Å². The van der Waals surface area contributed by atoms with Crippen LogP contribution in [0.25, 0.3) is 17.5 Å². The van der Waals surface area contributed by atoms with Gasteiger partial charge in [-0.1, -0.05) is 0 Å². The van der Waals surface area contributed by atoms with Crippen LogP contribution in [0.15, 0.2) is 42.6 Å². The van der Waals surface area contributed by atoms with Crippen molar-refractivity contribution in [3.05, 3.63) is 53.7 Å². The van der Waals surface area contributed by atoms with E-state index in [2.05, 4.69) is 0 Å². The number of hydrogen-bond acceptors (Lipinski definition) is 1. The summed E-state index contributed by atoms with van der Waals surface area (Å²) in [5.41, 5.74) is -3.23. The second kappa shape index (κ2) is 6.06. The Morgan fingerprint density at radius 2 is 1.54 bits per heavy atom. The number of halogens is 6. The molecule has 0 radical (unpaired) electrons. The van der Waals surface area contributed by atoms with Crippen molar-refractivity contribution in [3.8, 4) is 11.3 Å². The molecule has 1 N–H and O–H groups in total. The molecule has 0 saturated carbocycles. The minimum Gasteiger partial charge on any atom is -0.478 e. The summed E-state index contributed by atoms with van der Waals surface area (Å²) in [6, 6.07) is 3.84. The maximum Gasteiger partial charge on any atom is 0.416 e. The Morgan fingerprint density at radius 1 is 1.00 bits per heavy atom. The highest BCUT2D eigenvalue weighted by Gasteiger charge is 2.37. The van der Waals surface area contributed by atoms with Gasteiger partial charge < -0.3 is 9.67 Å². The average Bonchev–Trinajstić information content (AvgIpc) is 2.91. The van der Waals surface area contributed by atoms with Crippen LogP contribution < -0.4 is 0 Å². The van der Waals surface area contributed by atoms with Crippen LogP contribution in [0, 0.1) is 0 Å². The van der Waals surface area contributed by atoms with E-state index in [0.29, 0.717) is 18.2 Å². The third-order valence-corrected chi connectivity index (χ3v) is 3.04. The van der Waals surface area contributed by atoms with Gasteiger partial charge in [-0.25, -0.2) is 4.79 Å². The van der Waals surface area contributed by atoms with E-state index in [1.807, 2.05) is 0 Å². The lowest BCUT2D eigenvalue weighted by atomic mass is 10.0. The topological polar surface area (TPSA) is 42.2 Å². The summed E-state index contributed by atoms with van der Waals surface area (Å²) in [6.45, 7) is 0. The lowest BCUT2D eigenvalue weighted by Crippen LogP contribution is -2.11. The van der Waals surface area contributed by atoms with Crippen LogP contribution in [0.5, 0.6) is 0 Å². The Balaban J connectivity index is 2.63. The molecule has 128 valence electrons. The van der Waals surface area contributed by atoms with Gasteiger partial charge in [0, 0.05) is 18.5 Å². The molecule has 1 aromatic heterocycles. The summed E-state index contributed by atoms with van der Waals surface area (Å²) in [4.78, 5) is 10.5. The predicted octanol–water partition coefficient (Wildman–Crippen LogP) is 4.75. The van der Waals surface area contributed by atoms with Crippen molar-refractivity contribution in [1.82, 2.24) is 4.57 Å². The SMILES string of the molecule is O=C(O)/C=C\n1cccc1-c1cc(C(F)(F)F)cc(C(F)(F)F)c1. The Kier molecular flexibility index (Phi) is 4.46. The van der Waals surface area contributed by atoms with Gasteiger partial charge in [-0.15, -0.1) is 0 Å². The van der Waals surface area contributed by atoms with Crippen LogP contribution in [-0.4, -0.2) is 15.6 Å². The number of benzene rings is 1. The first-order chi connectivity index (χ1) is 11.0. The number of nitrogens with zero attached hydrogens (tertiary/aromatic N) is 1. The molecule has 1 heterocycles. The molecule has 0 aliphatic heterocycles. The first kappa shape index (κ1) is 17.6. The maximum absolute atomic E-state index is 12.9. The van der Waals surface area contributed by atoms with E-state index in [9.17, 15) is 31.1 Å². The zero-order chi connectivity index (χ0) is 18.1. The van der Waals surface area contributed by atoms with Gasteiger partial charge in [0.05, 0.1) is 16.8 Å². The third-order valence-electron chi connectivity index (χ3n) is 3.04. The average molecular weight is 349 g/mol. The fourth-order valence-corrected chi connectivity index (χ4v) is 2.02. The molecule has 24 heavy (non-hydrogen) atoms. The fraction of sp³-hybridized carbons (Fsp3) is 0.133. The zero-order valence-corrected chi connectivity index (χ0v) is 11.7. The minimum absolute atomic E-state index is 0.0101. The summed E-state index contributed by atoms with van der Waals surface area (Å²) in [5, 5.41) is 8.58. The number of rotatable bonds is 3. The van der Waals surface area contributed by atoms with Crippen molar-refractivity contribution in [3.63, 3.8) is 0 Å². The quantitative estimate of drug-likeness (QED) is 0.642. The highest BCUT2D eigenvalue weighted by molar-refractivity contribution is 5.83. The normalized spacial score (nSPS) is 12.8. The largest absolute Gasteiger partial charge is 0.478 e. The second-order valence-electron chi connectivity index (χ2n) is 4.75. The van der Waals surface area contributed by atoms with Gasteiger partial charge in [0.25, 0.3) is 0 Å². The molecule has 2 aromatic rings. The Hall–Kier alpha value is -2.71. The first-order valence-corrected chi connectivity index (χ1v) is 6.36. The summed E-state index contributed by atoms with van der Waals surface area (Å²) in [5.74, 6) is -1.31. The molecule has 0 spiro atoms. The van der Waals surface area contributed by atoms with Crippen LogP contribution in [0.4, 0.5) is 26.3 Å². The van der Waals surface area contributed by atoms with Crippen LogP contribution in [-0.2, 0) is 17.1 Å². The van der Waals surface area contributed by atoms with E-state index < -0.39 is 29.4 Å². The highest BCUT2D eigenvalue weighted by Crippen LogP contribution is 2.38.